The minimum Gasteiger partial charge on any atom is -0.731 e. The molecule has 0 spiro atoms. The molecule has 0 fully saturated rings. The van der Waals surface area contributed by atoms with E-state index in [0.717, 1.165) is 0 Å². The zero-order valence-corrected chi connectivity index (χ0v) is 20.4. The maximum Gasteiger partial charge on any atom is 0 e. The first kappa shape index (κ1) is 35.9. The molecule has 2 radical (unpaired) electrons. The van der Waals surface area contributed by atoms with Crippen LogP contribution in [0.25, 0.3) is 0 Å². The second kappa shape index (κ2) is 14.0. The summed E-state index contributed by atoms with van der Waals surface area (Å²) in [5.41, 5.74) is 14.7. The molecule has 0 heterocycles. The summed E-state index contributed by atoms with van der Waals surface area (Å²) in [7, 11) is 0. The summed E-state index contributed by atoms with van der Waals surface area (Å²) >= 11 is 0. The van der Waals surface area contributed by atoms with Crippen molar-refractivity contribution in [2.24, 2.45) is 0 Å². The topological polar surface area (TPSA) is 94.5 Å². The molecule has 5 heteroatoms. The number of hydrogen-bond donors (Lipinski definition) is 0. The van der Waals surface area contributed by atoms with Gasteiger partial charge in [0.15, 0.2) is 0 Å². The van der Waals surface area contributed by atoms with Gasteiger partial charge in [0.05, 0.1) is 0 Å². The van der Waals surface area contributed by atoms with Crippen LogP contribution < -0.4 is 0 Å². The van der Waals surface area contributed by atoms with E-state index in [-0.39, 0.29) is 55.4 Å². The maximum absolute atomic E-state index is 2.20. The van der Waals surface area contributed by atoms with E-state index in [1.54, 1.807) is 0 Å². The van der Waals surface area contributed by atoms with Crippen LogP contribution in [0.3, 0.4) is 0 Å². The van der Waals surface area contributed by atoms with Crippen molar-refractivity contribution in [3.05, 3.63) is 55.6 Å². The molecule has 25 heavy (non-hydrogen) atoms. The summed E-state index contributed by atoms with van der Waals surface area (Å²) in [5.74, 6) is 0. The molecule has 0 aromatic heterocycles. The van der Waals surface area contributed by atoms with Crippen LogP contribution in [-0.4, -0.2) is 16.4 Å². The van der Waals surface area contributed by atoms with Gasteiger partial charge in [-0.2, -0.15) is 27.8 Å². The fourth-order valence-electron chi connectivity index (χ4n) is 2.81. The van der Waals surface area contributed by atoms with Gasteiger partial charge in [-0.25, -0.2) is 34.6 Å². The van der Waals surface area contributed by atoms with Gasteiger partial charge in [-0.1, -0.05) is 34.6 Å². The van der Waals surface area contributed by atoms with Gasteiger partial charge in [-0.15, -0.1) is 0 Å². The van der Waals surface area contributed by atoms with E-state index in [0.29, 0.717) is 0 Å². The van der Waals surface area contributed by atoms with Crippen LogP contribution in [-0.2, 0) is 39.0 Å². The van der Waals surface area contributed by atoms with E-state index < -0.39 is 0 Å². The molecular formula is C20H36O3Rh2-6. The van der Waals surface area contributed by atoms with Crippen molar-refractivity contribution in [2.75, 3.05) is 0 Å². The van der Waals surface area contributed by atoms with Gasteiger partial charge >= 0.3 is 0 Å². The minimum absolute atomic E-state index is 0. The Morgan fingerprint density at radius 2 is 0.600 bits per heavy atom. The predicted molar refractivity (Wildman–Crippen MR) is 102 cm³/mol. The largest absolute Gasteiger partial charge is 0.731 e. The molecule has 2 aromatic rings. The Kier molecular flexibility index (Phi) is 20.0. The van der Waals surface area contributed by atoms with Crippen molar-refractivity contribution in [1.29, 1.82) is 0 Å². The first-order chi connectivity index (χ1) is 9.11. The molecule has 0 aliphatic heterocycles. The Bertz CT molecular complexity index is 422. The third kappa shape index (κ3) is 7.16. The van der Waals surface area contributed by atoms with Crippen molar-refractivity contribution in [1.82, 2.24) is 0 Å². The van der Waals surface area contributed by atoms with Crippen LogP contribution in [0, 0.1) is 69.2 Å². The van der Waals surface area contributed by atoms with Gasteiger partial charge in [0.25, 0.3) is 0 Å². The molecule has 0 atom stereocenters. The molecule has 3 nitrogen and oxygen atoms in total. The van der Waals surface area contributed by atoms with E-state index in [9.17, 15) is 0 Å². The summed E-state index contributed by atoms with van der Waals surface area (Å²) in [6, 6.07) is 0. The van der Waals surface area contributed by atoms with Gasteiger partial charge in [-0.3, -0.25) is 0 Å². The molecule has 2 rings (SSSR count). The molecule has 0 aliphatic rings. The molecule has 158 valence electrons. The quantitative estimate of drug-likeness (QED) is 0.369. The number of rotatable bonds is 0. The zero-order valence-electron chi connectivity index (χ0n) is 17.2. The molecule has 0 amide bonds. The second-order valence-electron chi connectivity index (χ2n) is 6.25. The van der Waals surface area contributed by atoms with Crippen LogP contribution in [0.2, 0.25) is 0 Å². The van der Waals surface area contributed by atoms with Crippen molar-refractivity contribution < 1.29 is 55.4 Å². The molecular weight excluding hydrogens is 494 g/mol. The van der Waals surface area contributed by atoms with Crippen LogP contribution in [0.15, 0.2) is 0 Å². The standard InChI is InChI=1S/2C10H15.3H2O.2Rh/c2*1-6-7(2)9(4)10(5)8(6)3;;;;;/h2*1-5H3;3*1H2;;/q-5;-1;;;;;. The molecule has 0 saturated carbocycles. The first-order valence-corrected chi connectivity index (χ1v) is 7.50. The van der Waals surface area contributed by atoms with Crippen molar-refractivity contribution in [2.45, 2.75) is 69.2 Å². The Morgan fingerprint density at radius 1 is 0.440 bits per heavy atom. The fourth-order valence-corrected chi connectivity index (χ4v) is 2.81. The summed E-state index contributed by atoms with van der Waals surface area (Å²) in [6.45, 7) is 22.0. The Balaban J connectivity index is -0.0000000889. The summed E-state index contributed by atoms with van der Waals surface area (Å²) < 4.78 is 0. The van der Waals surface area contributed by atoms with Crippen LogP contribution in [0.1, 0.15) is 55.6 Å². The van der Waals surface area contributed by atoms with Crippen LogP contribution in [0.4, 0.5) is 0 Å². The molecule has 0 aliphatic carbocycles. The zero-order chi connectivity index (χ0) is 15.8. The van der Waals surface area contributed by atoms with Gasteiger partial charge in [-0.05, 0) is 0 Å². The van der Waals surface area contributed by atoms with Crippen molar-refractivity contribution in [3.8, 4) is 0 Å². The van der Waals surface area contributed by atoms with Crippen molar-refractivity contribution >= 4 is 0 Å². The second-order valence-corrected chi connectivity index (χ2v) is 6.25. The molecule has 0 saturated heterocycles. The molecule has 2 aromatic carbocycles. The third-order valence-corrected chi connectivity index (χ3v) is 5.62. The van der Waals surface area contributed by atoms with Crippen molar-refractivity contribution in [3.63, 3.8) is 0 Å². The molecule has 0 unspecified atom stereocenters. The average Bonchev–Trinajstić information content (AvgIpc) is 2.71. The van der Waals surface area contributed by atoms with Gasteiger partial charge in [0.1, 0.15) is 0 Å². The Morgan fingerprint density at radius 3 is 0.680 bits per heavy atom. The molecule has 6 N–H and O–H groups in total. The monoisotopic (exact) mass is 530 g/mol. The van der Waals surface area contributed by atoms with E-state index in [4.69, 9.17) is 0 Å². The first-order valence-electron chi connectivity index (χ1n) is 7.50. The summed E-state index contributed by atoms with van der Waals surface area (Å²) in [5, 5.41) is 0. The van der Waals surface area contributed by atoms with Gasteiger partial charge in [0, 0.05) is 39.0 Å². The average molecular weight is 530 g/mol. The van der Waals surface area contributed by atoms with E-state index in [1.165, 1.54) is 55.6 Å². The molecule has 0 bridgehead atoms. The van der Waals surface area contributed by atoms with E-state index >= 15 is 0 Å². The smallest absolute Gasteiger partial charge is 0 e. The van der Waals surface area contributed by atoms with Gasteiger partial charge in [0.2, 0.25) is 0 Å². The fraction of sp³-hybridized carbons (Fsp3) is 0.500. The van der Waals surface area contributed by atoms with Gasteiger partial charge < -0.3 is 44.2 Å². The summed E-state index contributed by atoms with van der Waals surface area (Å²) in [4.78, 5) is 0. The SMILES string of the molecule is C[c-]1[c-](C)[c-](C)[c-](C)[c-]1C.Cc1c(C)c(C)[c-](C)c1C.O.O.O.[Rh].[Rh]. The minimum atomic E-state index is 0. The van der Waals surface area contributed by atoms with Crippen LogP contribution in [0.5, 0.6) is 0 Å². The van der Waals surface area contributed by atoms with E-state index in [1.807, 2.05) is 0 Å². The Hall–Kier alpha value is -0.173. The maximum atomic E-state index is 2.20. The van der Waals surface area contributed by atoms with Crippen LogP contribution >= 0.6 is 0 Å². The normalized spacial score (nSPS) is 8.40. The van der Waals surface area contributed by atoms with E-state index in [2.05, 4.69) is 69.2 Å². The third-order valence-electron chi connectivity index (χ3n) is 5.62. The summed E-state index contributed by atoms with van der Waals surface area (Å²) in [6.07, 6.45) is 0. The predicted octanol–water partition coefficient (Wildman–Crippen LogP) is 3.42. The Labute approximate surface area is 179 Å². The number of hydrogen-bond acceptors (Lipinski definition) is 0.